The van der Waals surface area contributed by atoms with Crippen LogP contribution in [0.4, 0.5) is 0 Å². The molecule has 0 aliphatic rings. The number of ether oxygens (including phenoxy) is 1. The molecule has 17 heavy (non-hydrogen) atoms. The molecule has 2 heteroatoms. The van der Waals surface area contributed by atoms with Crippen molar-refractivity contribution in [2.45, 2.75) is 0 Å². The first-order valence-corrected chi connectivity index (χ1v) is 5.56. The first kappa shape index (κ1) is 9.85. The Hall–Kier alpha value is -2.35. The summed E-state index contributed by atoms with van der Waals surface area (Å²) < 4.78 is 5.73. The second-order valence-electron chi connectivity index (χ2n) is 3.82. The van der Waals surface area contributed by atoms with Crippen LogP contribution in [-0.2, 0) is 0 Å². The van der Waals surface area contributed by atoms with Crippen molar-refractivity contribution in [1.82, 2.24) is 0 Å². The van der Waals surface area contributed by atoms with Crippen LogP contribution in [0, 0.1) is 0 Å². The van der Waals surface area contributed by atoms with Gasteiger partial charge in [-0.3, -0.25) is 0 Å². The molecule has 0 aliphatic carbocycles. The third-order valence-corrected chi connectivity index (χ3v) is 2.60. The van der Waals surface area contributed by atoms with Gasteiger partial charge in [-0.15, -0.1) is 0 Å². The Morgan fingerprint density at radius 3 is 2.35 bits per heavy atom. The van der Waals surface area contributed by atoms with Gasteiger partial charge in [0, 0.05) is 11.5 Å². The lowest BCUT2D eigenvalue weighted by Gasteiger charge is -2.00. The van der Waals surface area contributed by atoms with Crippen molar-refractivity contribution in [3.63, 3.8) is 0 Å². The standard InChI is InChI=1S/C15H11NO/c1-2-7-13(8-3-1)17-15-11-10-12-6-4-5-9-14(12)16-15/h1-11H/p+1. The van der Waals surface area contributed by atoms with Crippen molar-refractivity contribution in [2.75, 3.05) is 0 Å². The number of nitrogens with one attached hydrogen (secondary N) is 1. The maximum atomic E-state index is 5.73. The second kappa shape index (κ2) is 4.26. The molecule has 0 radical (unpaired) electrons. The van der Waals surface area contributed by atoms with E-state index in [1.807, 2.05) is 60.7 Å². The minimum Gasteiger partial charge on any atom is -0.405 e. The highest BCUT2D eigenvalue weighted by molar-refractivity contribution is 5.75. The summed E-state index contributed by atoms with van der Waals surface area (Å²) in [7, 11) is 0. The Morgan fingerprint density at radius 2 is 1.47 bits per heavy atom. The van der Waals surface area contributed by atoms with E-state index < -0.39 is 0 Å². The number of H-pyrrole nitrogens is 1. The van der Waals surface area contributed by atoms with Gasteiger partial charge in [-0.1, -0.05) is 30.3 Å². The van der Waals surface area contributed by atoms with Gasteiger partial charge in [0.15, 0.2) is 0 Å². The van der Waals surface area contributed by atoms with E-state index in [1.165, 1.54) is 5.39 Å². The minimum absolute atomic E-state index is 0.745. The molecule has 0 bridgehead atoms. The Bertz CT molecular complexity index is 635. The lowest BCUT2D eigenvalue weighted by molar-refractivity contribution is -0.359. The molecule has 3 aromatic rings. The van der Waals surface area contributed by atoms with Gasteiger partial charge in [-0.05, 0) is 24.3 Å². The molecule has 1 aromatic heterocycles. The molecule has 0 aliphatic heterocycles. The average molecular weight is 222 g/mol. The van der Waals surface area contributed by atoms with Gasteiger partial charge in [0.1, 0.15) is 5.75 Å². The molecular weight excluding hydrogens is 210 g/mol. The average Bonchev–Trinajstić information content (AvgIpc) is 2.40. The van der Waals surface area contributed by atoms with E-state index in [4.69, 9.17) is 4.74 Å². The zero-order chi connectivity index (χ0) is 11.5. The van der Waals surface area contributed by atoms with Crippen molar-refractivity contribution in [1.29, 1.82) is 0 Å². The minimum atomic E-state index is 0.745. The summed E-state index contributed by atoms with van der Waals surface area (Å²) in [6, 6.07) is 21.9. The van der Waals surface area contributed by atoms with E-state index in [-0.39, 0.29) is 0 Å². The lowest BCUT2D eigenvalue weighted by Crippen LogP contribution is -2.07. The summed E-state index contributed by atoms with van der Waals surface area (Å²) >= 11 is 0. The van der Waals surface area contributed by atoms with Crippen LogP contribution in [-0.4, -0.2) is 0 Å². The van der Waals surface area contributed by atoms with Crippen LogP contribution in [0.25, 0.3) is 10.9 Å². The molecule has 82 valence electrons. The molecule has 0 saturated heterocycles. The number of fused-ring (bicyclic) bond motifs is 1. The molecule has 0 atom stereocenters. The SMILES string of the molecule is c1ccc(Oc2ccc3ccccc3[nH+]2)cc1. The van der Waals surface area contributed by atoms with Crippen LogP contribution in [0.1, 0.15) is 0 Å². The Labute approximate surface area is 99.5 Å². The molecule has 2 aromatic carbocycles. The van der Waals surface area contributed by atoms with E-state index in [1.54, 1.807) is 0 Å². The van der Waals surface area contributed by atoms with Crippen LogP contribution in [0.15, 0.2) is 66.7 Å². The van der Waals surface area contributed by atoms with Gasteiger partial charge >= 0.3 is 5.88 Å². The first-order valence-electron chi connectivity index (χ1n) is 5.56. The summed E-state index contributed by atoms with van der Waals surface area (Å²) in [6.07, 6.45) is 0. The quantitative estimate of drug-likeness (QED) is 0.651. The number of benzene rings is 2. The fraction of sp³-hybridized carbons (Fsp3) is 0. The summed E-state index contributed by atoms with van der Waals surface area (Å²) in [5, 5.41) is 1.17. The van der Waals surface area contributed by atoms with Gasteiger partial charge in [-0.25, -0.2) is 0 Å². The highest BCUT2D eigenvalue weighted by atomic mass is 16.5. The fourth-order valence-electron chi connectivity index (χ4n) is 1.77. The summed E-state index contributed by atoms with van der Waals surface area (Å²) in [5.74, 6) is 1.58. The first-order chi connectivity index (χ1) is 8.42. The van der Waals surface area contributed by atoms with Gasteiger partial charge in [0.05, 0.1) is 6.07 Å². The zero-order valence-corrected chi connectivity index (χ0v) is 9.26. The van der Waals surface area contributed by atoms with Crippen molar-refractivity contribution in [3.8, 4) is 11.6 Å². The van der Waals surface area contributed by atoms with E-state index in [2.05, 4.69) is 11.1 Å². The van der Waals surface area contributed by atoms with Crippen LogP contribution in [0.3, 0.4) is 0 Å². The number of para-hydroxylation sites is 2. The van der Waals surface area contributed by atoms with E-state index >= 15 is 0 Å². The molecule has 0 spiro atoms. The smallest absolute Gasteiger partial charge is 0.372 e. The monoisotopic (exact) mass is 222 g/mol. The van der Waals surface area contributed by atoms with Gasteiger partial charge in [0.25, 0.3) is 0 Å². The predicted octanol–water partition coefficient (Wildman–Crippen LogP) is 3.45. The van der Waals surface area contributed by atoms with Gasteiger partial charge < -0.3 is 4.74 Å². The number of rotatable bonds is 2. The van der Waals surface area contributed by atoms with Crippen molar-refractivity contribution < 1.29 is 9.72 Å². The Balaban J connectivity index is 1.96. The summed E-state index contributed by atoms with van der Waals surface area (Å²) in [5.41, 5.74) is 1.07. The molecular formula is C15H12NO+. The fourth-order valence-corrected chi connectivity index (χ4v) is 1.77. The van der Waals surface area contributed by atoms with Crippen LogP contribution in [0.5, 0.6) is 11.6 Å². The maximum Gasteiger partial charge on any atom is 0.372 e. The molecule has 2 nitrogen and oxygen atoms in total. The topological polar surface area (TPSA) is 23.4 Å². The number of aromatic nitrogens is 1. The summed E-state index contributed by atoms with van der Waals surface area (Å²) in [4.78, 5) is 3.25. The van der Waals surface area contributed by atoms with E-state index in [0.29, 0.717) is 0 Å². The highest BCUT2D eigenvalue weighted by Gasteiger charge is 2.06. The van der Waals surface area contributed by atoms with Crippen molar-refractivity contribution >= 4 is 10.9 Å². The highest BCUT2D eigenvalue weighted by Crippen LogP contribution is 2.18. The van der Waals surface area contributed by atoms with Gasteiger partial charge in [0.2, 0.25) is 5.52 Å². The molecule has 1 N–H and O–H groups in total. The maximum absolute atomic E-state index is 5.73. The van der Waals surface area contributed by atoms with Crippen LogP contribution < -0.4 is 9.72 Å². The zero-order valence-electron chi connectivity index (χ0n) is 9.26. The molecule has 0 fully saturated rings. The number of hydrogen-bond acceptors (Lipinski definition) is 1. The van der Waals surface area contributed by atoms with Crippen LogP contribution >= 0.6 is 0 Å². The number of aromatic amines is 1. The molecule has 0 saturated carbocycles. The normalized spacial score (nSPS) is 10.4. The van der Waals surface area contributed by atoms with Crippen molar-refractivity contribution in [3.05, 3.63) is 66.7 Å². The summed E-state index contributed by atoms with van der Waals surface area (Å²) in [6.45, 7) is 0. The van der Waals surface area contributed by atoms with E-state index in [0.717, 1.165) is 17.1 Å². The number of hydrogen-bond donors (Lipinski definition) is 0. The molecule has 0 amide bonds. The number of pyridine rings is 1. The lowest BCUT2D eigenvalue weighted by atomic mass is 10.2. The van der Waals surface area contributed by atoms with Gasteiger partial charge in [-0.2, -0.15) is 4.98 Å². The third kappa shape index (κ3) is 2.11. The second-order valence-corrected chi connectivity index (χ2v) is 3.82. The van der Waals surface area contributed by atoms with Crippen LogP contribution in [0.2, 0.25) is 0 Å². The molecule has 1 heterocycles. The van der Waals surface area contributed by atoms with Crippen molar-refractivity contribution in [2.24, 2.45) is 0 Å². The third-order valence-electron chi connectivity index (χ3n) is 2.60. The Morgan fingerprint density at radius 1 is 0.706 bits per heavy atom. The predicted molar refractivity (Wildman–Crippen MR) is 67.0 cm³/mol. The van der Waals surface area contributed by atoms with E-state index in [9.17, 15) is 0 Å². The molecule has 3 rings (SSSR count). The molecule has 0 unspecified atom stereocenters. The largest absolute Gasteiger partial charge is 0.405 e. The Kier molecular flexibility index (Phi) is 2.47.